The minimum atomic E-state index is -3.98. The molecule has 2 N–H and O–H groups in total. The molecule has 1 aromatic heterocycles. The number of para-hydroxylation sites is 1. The summed E-state index contributed by atoms with van der Waals surface area (Å²) in [5.41, 5.74) is 1.65. The third-order valence-corrected chi connectivity index (χ3v) is 7.42. The fourth-order valence-corrected chi connectivity index (χ4v) is 5.17. The van der Waals surface area contributed by atoms with Crippen molar-refractivity contribution in [3.8, 4) is 11.5 Å². The van der Waals surface area contributed by atoms with Gasteiger partial charge in [0.2, 0.25) is 15.5 Å². The highest BCUT2D eigenvalue weighted by molar-refractivity contribution is 7.89. The van der Waals surface area contributed by atoms with Gasteiger partial charge in [0, 0.05) is 12.1 Å². The maximum Gasteiger partial charge on any atom is 0.329 e. The van der Waals surface area contributed by atoms with E-state index in [1.165, 1.54) is 18.2 Å². The summed E-state index contributed by atoms with van der Waals surface area (Å²) < 4.78 is 39.5. The molecular formula is C27H27NO7S. The Kier molecular flexibility index (Phi) is 7.14. The van der Waals surface area contributed by atoms with Crippen molar-refractivity contribution >= 4 is 37.9 Å². The topological polar surface area (TPSA) is 123 Å². The summed E-state index contributed by atoms with van der Waals surface area (Å²) >= 11 is 0. The zero-order valence-electron chi connectivity index (χ0n) is 20.2. The van der Waals surface area contributed by atoms with Crippen LogP contribution in [-0.4, -0.2) is 25.5 Å². The Morgan fingerprint density at radius 2 is 1.83 bits per heavy atom. The summed E-state index contributed by atoms with van der Waals surface area (Å²) in [5, 5.41) is 10.8. The number of hydrogen-bond donors (Lipinski definition) is 2. The molecule has 8 nitrogen and oxygen atoms in total. The molecule has 0 fully saturated rings. The zero-order valence-corrected chi connectivity index (χ0v) is 21.0. The van der Waals surface area contributed by atoms with Crippen LogP contribution in [0.2, 0.25) is 0 Å². The van der Waals surface area contributed by atoms with E-state index >= 15 is 0 Å². The van der Waals surface area contributed by atoms with Crippen molar-refractivity contribution in [3.63, 3.8) is 0 Å². The van der Waals surface area contributed by atoms with E-state index in [4.69, 9.17) is 9.15 Å². The number of phenolic OH excluding ortho intramolecular Hbond substituents is 1. The molecule has 0 aliphatic carbocycles. The van der Waals surface area contributed by atoms with Crippen LogP contribution in [0.1, 0.15) is 37.3 Å². The second-order valence-electron chi connectivity index (χ2n) is 8.75. The maximum absolute atomic E-state index is 13.0. The Balaban J connectivity index is 1.66. The molecule has 0 bridgehead atoms. The summed E-state index contributed by atoms with van der Waals surface area (Å²) in [6, 6.07) is 12.7. The number of carbonyl (C=O) groups is 1. The molecule has 9 heteroatoms. The van der Waals surface area contributed by atoms with E-state index in [9.17, 15) is 23.1 Å². The first-order valence-corrected chi connectivity index (χ1v) is 13.1. The molecular weight excluding hydrogens is 482 g/mol. The molecule has 0 aliphatic heterocycles. The molecule has 1 atom stereocenters. The highest BCUT2D eigenvalue weighted by Crippen LogP contribution is 2.31. The number of esters is 1. The lowest BCUT2D eigenvalue weighted by Gasteiger charge is -2.18. The summed E-state index contributed by atoms with van der Waals surface area (Å²) in [6.07, 6.45) is 1.54. The quantitative estimate of drug-likeness (QED) is 0.200. The Morgan fingerprint density at radius 1 is 1.11 bits per heavy atom. The molecule has 4 rings (SSSR count). The lowest BCUT2D eigenvalue weighted by molar-refractivity contribution is -0.136. The molecule has 1 heterocycles. The van der Waals surface area contributed by atoms with Gasteiger partial charge < -0.3 is 14.3 Å². The third-order valence-electron chi connectivity index (χ3n) is 5.93. The van der Waals surface area contributed by atoms with Gasteiger partial charge in [-0.3, -0.25) is 4.79 Å². The molecule has 0 saturated carbocycles. The van der Waals surface area contributed by atoms with E-state index in [2.05, 4.69) is 4.72 Å². The van der Waals surface area contributed by atoms with Crippen LogP contribution in [0.4, 0.5) is 0 Å². The van der Waals surface area contributed by atoms with E-state index < -0.39 is 33.2 Å². The van der Waals surface area contributed by atoms with Gasteiger partial charge in [-0.25, -0.2) is 13.2 Å². The zero-order chi connectivity index (χ0) is 26.0. The monoisotopic (exact) mass is 509 g/mol. The second-order valence-corrected chi connectivity index (χ2v) is 10.5. The number of carbonyl (C=O) groups excluding carboxylic acids is 1. The molecule has 0 amide bonds. The smallest absolute Gasteiger partial charge is 0.329 e. The Labute approximate surface area is 208 Å². The van der Waals surface area contributed by atoms with Gasteiger partial charge in [-0.05, 0) is 44.0 Å². The number of hydrogen-bond acceptors (Lipinski definition) is 7. The Bertz CT molecular complexity index is 1610. The van der Waals surface area contributed by atoms with E-state index in [-0.39, 0.29) is 28.0 Å². The summed E-state index contributed by atoms with van der Waals surface area (Å²) in [7, 11) is -3.98. The van der Waals surface area contributed by atoms with E-state index in [0.717, 1.165) is 23.6 Å². The van der Waals surface area contributed by atoms with Gasteiger partial charge in [-0.1, -0.05) is 49.6 Å². The van der Waals surface area contributed by atoms with Crippen molar-refractivity contribution in [2.45, 2.75) is 51.0 Å². The highest BCUT2D eigenvalue weighted by Gasteiger charge is 2.27. The van der Waals surface area contributed by atoms with Crippen LogP contribution in [0.5, 0.6) is 11.5 Å². The van der Waals surface area contributed by atoms with Gasteiger partial charge >= 0.3 is 5.97 Å². The van der Waals surface area contributed by atoms with E-state index in [1.54, 1.807) is 37.3 Å². The second kappa shape index (κ2) is 10.1. The number of nitrogens with one attached hydrogen (secondary N) is 1. The SMILES string of the molecule is CCCC[C@@H](NS(=O)(=O)c1ccc(C)cc1)C(=O)Oc1cc(O)c2c(=O)c3cccc(C)c3oc2c1. The van der Waals surface area contributed by atoms with Gasteiger partial charge in [0.1, 0.15) is 34.1 Å². The molecule has 3 aromatic carbocycles. The fourth-order valence-electron chi connectivity index (χ4n) is 3.95. The molecule has 0 aliphatic rings. The van der Waals surface area contributed by atoms with Gasteiger partial charge in [-0.15, -0.1) is 0 Å². The Hall–Kier alpha value is -3.69. The van der Waals surface area contributed by atoms with Gasteiger partial charge in [0.25, 0.3) is 0 Å². The number of aromatic hydroxyl groups is 1. The van der Waals surface area contributed by atoms with Crippen LogP contribution in [-0.2, 0) is 14.8 Å². The van der Waals surface area contributed by atoms with Gasteiger partial charge in [0.15, 0.2) is 0 Å². The summed E-state index contributed by atoms with van der Waals surface area (Å²) in [5.74, 6) is -1.31. The van der Waals surface area contributed by atoms with Crippen LogP contribution >= 0.6 is 0 Å². The third kappa shape index (κ3) is 5.12. The molecule has 0 radical (unpaired) electrons. The molecule has 36 heavy (non-hydrogen) atoms. The van der Waals surface area contributed by atoms with Crippen LogP contribution in [0.15, 0.2) is 68.7 Å². The fraction of sp³-hybridized carbons (Fsp3) is 0.259. The summed E-state index contributed by atoms with van der Waals surface area (Å²) in [4.78, 5) is 26.0. The molecule has 188 valence electrons. The Morgan fingerprint density at radius 3 is 2.53 bits per heavy atom. The van der Waals surface area contributed by atoms with Crippen molar-refractivity contribution in [1.29, 1.82) is 0 Å². The maximum atomic E-state index is 13.0. The number of phenols is 1. The standard InChI is InChI=1S/C27H27NO7S/c1-4-5-9-21(28-36(32,33)19-12-10-16(2)11-13-19)27(31)34-18-14-22(29)24-23(15-18)35-26-17(3)7-6-8-20(26)25(24)30/h6-8,10-15,21,28-29H,4-5,9H2,1-3H3/t21-/m1/s1. The number of unbranched alkanes of at least 4 members (excludes halogenated alkanes) is 1. The van der Waals surface area contributed by atoms with Crippen LogP contribution < -0.4 is 14.9 Å². The minimum Gasteiger partial charge on any atom is -0.507 e. The van der Waals surface area contributed by atoms with Crippen LogP contribution in [0.3, 0.4) is 0 Å². The highest BCUT2D eigenvalue weighted by atomic mass is 32.2. The van der Waals surface area contributed by atoms with Crippen molar-refractivity contribution in [2.75, 3.05) is 0 Å². The lowest BCUT2D eigenvalue weighted by atomic mass is 10.1. The van der Waals surface area contributed by atoms with Crippen LogP contribution in [0, 0.1) is 13.8 Å². The van der Waals surface area contributed by atoms with Crippen molar-refractivity contribution in [1.82, 2.24) is 4.72 Å². The summed E-state index contributed by atoms with van der Waals surface area (Å²) in [6.45, 7) is 5.56. The molecule has 0 unspecified atom stereocenters. The number of rotatable bonds is 8. The number of fused-ring (bicyclic) bond motifs is 2. The number of aryl methyl sites for hydroxylation is 2. The number of benzene rings is 3. The number of ether oxygens (including phenoxy) is 1. The number of sulfonamides is 1. The molecule has 4 aromatic rings. The van der Waals surface area contributed by atoms with E-state index in [0.29, 0.717) is 17.4 Å². The average Bonchev–Trinajstić information content (AvgIpc) is 2.82. The first-order chi connectivity index (χ1) is 17.1. The predicted molar refractivity (Wildman–Crippen MR) is 137 cm³/mol. The normalized spacial score (nSPS) is 12.6. The molecule has 0 spiro atoms. The van der Waals surface area contributed by atoms with Crippen molar-refractivity contribution in [2.24, 2.45) is 0 Å². The van der Waals surface area contributed by atoms with Gasteiger partial charge in [0.05, 0.1) is 10.3 Å². The van der Waals surface area contributed by atoms with Crippen LogP contribution in [0.25, 0.3) is 21.9 Å². The average molecular weight is 510 g/mol. The van der Waals surface area contributed by atoms with Crippen molar-refractivity contribution in [3.05, 3.63) is 75.9 Å². The first kappa shape index (κ1) is 25.4. The largest absolute Gasteiger partial charge is 0.507 e. The minimum absolute atomic E-state index is 0.0319. The van der Waals surface area contributed by atoms with E-state index in [1.807, 2.05) is 13.8 Å². The molecule has 0 saturated heterocycles. The predicted octanol–water partition coefficient (Wildman–Crippen LogP) is 4.71. The lowest BCUT2D eigenvalue weighted by Crippen LogP contribution is -2.42. The van der Waals surface area contributed by atoms with Gasteiger partial charge in [-0.2, -0.15) is 4.72 Å². The first-order valence-electron chi connectivity index (χ1n) is 11.6. The van der Waals surface area contributed by atoms with Crippen molar-refractivity contribution < 1.29 is 27.5 Å².